The summed E-state index contributed by atoms with van der Waals surface area (Å²) in [4.78, 5) is 25.3. The number of thioether (sulfide) groups is 1. The number of aryl methyl sites for hydroxylation is 1. The van der Waals surface area contributed by atoms with Crippen molar-refractivity contribution in [2.75, 3.05) is 5.75 Å². The van der Waals surface area contributed by atoms with Crippen molar-refractivity contribution in [2.24, 2.45) is 7.05 Å². The van der Waals surface area contributed by atoms with Crippen LogP contribution in [0.15, 0.2) is 34.0 Å². The number of aromatic nitrogens is 1. The molecule has 4 nitrogen and oxygen atoms in total. The van der Waals surface area contributed by atoms with Gasteiger partial charge in [-0.1, -0.05) is 43.4 Å². The number of pyridine rings is 1. The highest BCUT2D eigenvalue weighted by atomic mass is 35.5. The van der Waals surface area contributed by atoms with Gasteiger partial charge >= 0.3 is 0 Å². The number of fused-ring (bicyclic) bond motifs is 1. The second-order valence-corrected chi connectivity index (χ2v) is 8.07. The molecule has 0 bridgehead atoms. The third-order valence-corrected chi connectivity index (χ3v) is 6.04. The molecule has 134 valence electrons. The number of amides is 1. The van der Waals surface area contributed by atoms with E-state index in [0.29, 0.717) is 16.8 Å². The van der Waals surface area contributed by atoms with Gasteiger partial charge in [0.25, 0.3) is 5.56 Å². The van der Waals surface area contributed by atoms with Crippen molar-refractivity contribution < 1.29 is 4.79 Å². The third kappa shape index (κ3) is 4.59. The Morgan fingerprint density at radius 1 is 1.24 bits per heavy atom. The molecule has 0 radical (unpaired) electrons. The van der Waals surface area contributed by atoms with Gasteiger partial charge in [0.15, 0.2) is 0 Å². The van der Waals surface area contributed by atoms with Crippen molar-refractivity contribution in [3.63, 3.8) is 0 Å². The number of carbonyl (C=O) groups excluding carboxylic acids is 1. The molecule has 1 aromatic carbocycles. The predicted molar refractivity (Wildman–Crippen MR) is 105 cm³/mol. The van der Waals surface area contributed by atoms with Gasteiger partial charge in [-0.25, -0.2) is 0 Å². The average molecular weight is 379 g/mol. The van der Waals surface area contributed by atoms with E-state index < -0.39 is 0 Å². The van der Waals surface area contributed by atoms with Gasteiger partial charge in [0.1, 0.15) is 0 Å². The first-order chi connectivity index (χ1) is 12.0. The number of carbonyl (C=O) groups is 1. The van der Waals surface area contributed by atoms with Crippen LogP contribution in [-0.4, -0.2) is 22.3 Å². The zero-order chi connectivity index (χ0) is 17.8. The van der Waals surface area contributed by atoms with Gasteiger partial charge in [-0.15, -0.1) is 11.8 Å². The number of nitrogens with zero attached hydrogens (tertiary/aromatic N) is 1. The van der Waals surface area contributed by atoms with Crippen molar-refractivity contribution >= 4 is 40.2 Å². The fraction of sp³-hybridized carbons (Fsp3) is 0.474. The zero-order valence-corrected chi connectivity index (χ0v) is 16.0. The molecule has 0 atom stereocenters. The molecule has 0 unspecified atom stereocenters. The smallest absolute Gasteiger partial charge is 0.251 e. The number of rotatable bonds is 4. The fourth-order valence-electron chi connectivity index (χ4n) is 3.35. The zero-order valence-electron chi connectivity index (χ0n) is 14.4. The van der Waals surface area contributed by atoms with Crippen molar-refractivity contribution in [2.45, 2.75) is 49.5 Å². The highest BCUT2D eigenvalue weighted by Gasteiger charge is 2.15. The molecule has 1 aromatic heterocycles. The Kier molecular flexibility index (Phi) is 6.07. The topological polar surface area (TPSA) is 51.1 Å². The van der Waals surface area contributed by atoms with Crippen LogP contribution in [0.25, 0.3) is 10.9 Å². The third-order valence-electron chi connectivity index (χ3n) is 4.75. The summed E-state index contributed by atoms with van der Waals surface area (Å²) in [6, 6.07) is 7.40. The van der Waals surface area contributed by atoms with Gasteiger partial charge in [0.05, 0.1) is 11.3 Å². The first-order valence-corrected chi connectivity index (χ1v) is 10.1. The number of benzene rings is 1. The normalized spacial score (nSPS) is 15.9. The second-order valence-electron chi connectivity index (χ2n) is 6.61. The summed E-state index contributed by atoms with van der Waals surface area (Å²) >= 11 is 7.47. The van der Waals surface area contributed by atoms with E-state index >= 15 is 0 Å². The Hall–Kier alpha value is -1.46. The highest BCUT2D eigenvalue weighted by Crippen LogP contribution is 2.28. The minimum absolute atomic E-state index is 0.0414. The Morgan fingerprint density at radius 3 is 2.68 bits per heavy atom. The van der Waals surface area contributed by atoms with Gasteiger partial charge in [-0.3, -0.25) is 9.59 Å². The van der Waals surface area contributed by atoms with Crippen LogP contribution in [0.3, 0.4) is 0 Å². The van der Waals surface area contributed by atoms with Gasteiger partial charge in [0, 0.05) is 34.5 Å². The van der Waals surface area contributed by atoms with Gasteiger partial charge in [-0.2, -0.15) is 0 Å². The Balaban J connectivity index is 1.71. The monoisotopic (exact) mass is 378 g/mol. The highest BCUT2D eigenvalue weighted by molar-refractivity contribution is 8.00. The van der Waals surface area contributed by atoms with E-state index in [4.69, 9.17) is 11.6 Å². The largest absolute Gasteiger partial charge is 0.353 e. The van der Waals surface area contributed by atoms with Crippen molar-refractivity contribution in [1.29, 1.82) is 0 Å². The molecule has 1 aliphatic rings. The van der Waals surface area contributed by atoms with Crippen LogP contribution in [0.1, 0.15) is 38.5 Å². The van der Waals surface area contributed by atoms with Crippen LogP contribution in [0.2, 0.25) is 5.02 Å². The van der Waals surface area contributed by atoms with Crippen LogP contribution in [0, 0.1) is 0 Å². The SMILES string of the molecule is Cn1c(=O)cc(SCC(=O)NC2CCCCCC2)c2ccc(Cl)cc21. The van der Waals surface area contributed by atoms with E-state index in [1.54, 1.807) is 23.7 Å². The molecule has 3 rings (SSSR count). The molecule has 1 amide bonds. The Morgan fingerprint density at radius 2 is 1.96 bits per heavy atom. The maximum absolute atomic E-state index is 12.3. The summed E-state index contributed by atoms with van der Waals surface area (Å²) in [6.07, 6.45) is 7.07. The first kappa shape index (κ1) is 18.3. The van der Waals surface area contributed by atoms with E-state index in [-0.39, 0.29) is 11.5 Å². The first-order valence-electron chi connectivity index (χ1n) is 8.76. The molecule has 25 heavy (non-hydrogen) atoms. The summed E-state index contributed by atoms with van der Waals surface area (Å²) in [5.41, 5.74) is 0.688. The fourth-order valence-corrected chi connectivity index (χ4v) is 4.40. The Labute approximate surface area is 156 Å². The molecule has 1 aliphatic carbocycles. The molecular weight excluding hydrogens is 356 g/mol. The molecule has 1 fully saturated rings. The molecule has 0 saturated heterocycles. The lowest BCUT2D eigenvalue weighted by molar-refractivity contribution is -0.119. The van der Waals surface area contributed by atoms with E-state index in [2.05, 4.69) is 5.32 Å². The van der Waals surface area contributed by atoms with Gasteiger partial charge in [0.2, 0.25) is 5.91 Å². The number of nitrogens with one attached hydrogen (secondary N) is 1. The lowest BCUT2D eigenvalue weighted by Gasteiger charge is -2.16. The molecular formula is C19H23ClN2O2S. The lowest BCUT2D eigenvalue weighted by Crippen LogP contribution is -2.35. The van der Waals surface area contributed by atoms with Crippen molar-refractivity contribution in [3.05, 3.63) is 39.6 Å². The molecule has 1 N–H and O–H groups in total. The van der Waals surface area contributed by atoms with Crippen molar-refractivity contribution in [1.82, 2.24) is 9.88 Å². The molecule has 1 heterocycles. The quantitative estimate of drug-likeness (QED) is 0.643. The van der Waals surface area contributed by atoms with Crippen molar-refractivity contribution in [3.8, 4) is 0 Å². The summed E-state index contributed by atoms with van der Waals surface area (Å²) in [7, 11) is 1.73. The average Bonchev–Trinajstić information content (AvgIpc) is 2.85. The molecule has 0 spiro atoms. The number of hydrogen-bond acceptors (Lipinski definition) is 3. The number of hydrogen-bond donors (Lipinski definition) is 1. The summed E-state index contributed by atoms with van der Waals surface area (Å²) in [5, 5.41) is 4.68. The van der Waals surface area contributed by atoms with E-state index in [0.717, 1.165) is 28.6 Å². The van der Waals surface area contributed by atoms with Crippen LogP contribution in [0.4, 0.5) is 0 Å². The van der Waals surface area contributed by atoms with E-state index in [1.807, 2.05) is 12.1 Å². The van der Waals surface area contributed by atoms with Gasteiger partial charge < -0.3 is 9.88 Å². The summed E-state index contributed by atoms with van der Waals surface area (Å²) < 4.78 is 1.58. The predicted octanol–water partition coefficient (Wildman–Crippen LogP) is 4.12. The van der Waals surface area contributed by atoms with Crippen LogP contribution in [0.5, 0.6) is 0 Å². The minimum Gasteiger partial charge on any atom is -0.353 e. The summed E-state index contributed by atoms with van der Waals surface area (Å²) in [5.74, 6) is 0.362. The summed E-state index contributed by atoms with van der Waals surface area (Å²) in [6.45, 7) is 0. The molecule has 6 heteroatoms. The van der Waals surface area contributed by atoms with Gasteiger partial charge in [-0.05, 0) is 25.0 Å². The van der Waals surface area contributed by atoms with Crippen LogP contribution >= 0.6 is 23.4 Å². The molecule has 2 aromatic rings. The van der Waals surface area contributed by atoms with Crippen LogP contribution in [-0.2, 0) is 11.8 Å². The maximum Gasteiger partial charge on any atom is 0.251 e. The van der Waals surface area contributed by atoms with E-state index in [9.17, 15) is 9.59 Å². The molecule has 0 aliphatic heterocycles. The maximum atomic E-state index is 12.3. The second kappa shape index (κ2) is 8.28. The van der Waals surface area contributed by atoms with E-state index in [1.165, 1.54) is 37.4 Å². The van der Waals surface area contributed by atoms with Crippen LogP contribution < -0.4 is 10.9 Å². The Bertz CT molecular complexity index is 826. The lowest BCUT2D eigenvalue weighted by atomic mass is 10.1. The molecule has 1 saturated carbocycles. The number of halogens is 1. The standard InChI is InChI=1S/C19H23ClN2O2S/c1-22-16-10-13(20)8-9-15(16)17(11-19(22)24)25-12-18(23)21-14-6-4-2-3-5-7-14/h8-11,14H,2-7,12H2,1H3,(H,21,23). The minimum atomic E-state index is -0.0959.